The molecule has 2 nitrogen and oxygen atoms in total. The highest BCUT2D eigenvalue weighted by atomic mass is 32.2. The van der Waals surface area contributed by atoms with Gasteiger partial charge in [0.25, 0.3) is 0 Å². The zero-order valence-electron chi connectivity index (χ0n) is 10.6. The lowest BCUT2D eigenvalue weighted by Gasteiger charge is -2.15. The first-order valence-corrected chi connectivity index (χ1v) is 8.49. The third kappa shape index (κ3) is 4.98. The Morgan fingerprint density at radius 1 is 1.35 bits per heavy atom. The number of rotatable bonds is 5. The molecular weight excluding hydrogens is 248 g/mol. The minimum absolute atomic E-state index is 0.774. The van der Waals surface area contributed by atoms with Gasteiger partial charge in [-0.2, -0.15) is 0 Å². The van der Waals surface area contributed by atoms with Gasteiger partial charge in [-0.25, -0.2) is 4.98 Å². The molecule has 0 radical (unpaired) electrons. The molecular formula is C13H22N2S2. The molecule has 1 aromatic heterocycles. The molecule has 0 amide bonds. The fraction of sp³-hybridized carbons (Fsp3) is 0.769. The summed E-state index contributed by atoms with van der Waals surface area (Å²) >= 11 is 3.64. The van der Waals surface area contributed by atoms with Crippen molar-refractivity contribution in [2.75, 3.05) is 12.3 Å². The SMILES string of the molecule is Cc1csc(SCCNC2CCCCCC2)n1. The van der Waals surface area contributed by atoms with Gasteiger partial charge in [0.05, 0.1) is 0 Å². The summed E-state index contributed by atoms with van der Waals surface area (Å²) in [5.41, 5.74) is 1.15. The molecule has 96 valence electrons. The summed E-state index contributed by atoms with van der Waals surface area (Å²) in [7, 11) is 0. The average molecular weight is 270 g/mol. The molecule has 0 bridgehead atoms. The lowest BCUT2D eigenvalue weighted by Crippen LogP contribution is -2.30. The standard InChI is InChI=1S/C13H22N2S2/c1-11-10-17-13(15-11)16-9-8-14-12-6-4-2-3-5-7-12/h10,12,14H,2-9H2,1H3. The Bertz CT molecular complexity index is 317. The van der Waals surface area contributed by atoms with Crippen LogP contribution in [0.1, 0.15) is 44.2 Å². The van der Waals surface area contributed by atoms with Gasteiger partial charge in [-0.3, -0.25) is 0 Å². The Morgan fingerprint density at radius 3 is 2.76 bits per heavy atom. The first-order valence-electron chi connectivity index (χ1n) is 6.63. The maximum absolute atomic E-state index is 4.46. The number of aryl methyl sites for hydroxylation is 1. The summed E-state index contributed by atoms with van der Waals surface area (Å²) in [5, 5.41) is 5.82. The van der Waals surface area contributed by atoms with Crippen LogP contribution in [0.5, 0.6) is 0 Å². The number of hydrogen-bond donors (Lipinski definition) is 1. The normalized spacial score (nSPS) is 18.2. The maximum atomic E-state index is 4.46. The van der Waals surface area contributed by atoms with Crippen LogP contribution < -0.4 is 5.32 Å². The van der Waals surface area contributed by atoms with E-state index in [4.69, 9.17) is 0 Å². The minimum Gasteiger partial charge on any atom is -0.313 e. The van der Waals surface area contributed by atoms with E-state index in [1.807, 2.05) is 11.8 Å². The van der Waals surface area contributed by atoms with E-state index in [0.29, 0.717) is 0 Å². The molecule has 0 aliphatic heterocycles. The molecule has 17 heavy (non-hydrogen) atoms. The van der Waals surface area contributed by atoms with Gasteiger partial charge in [-0.05, 0) is 19.8 Å². The van der Waals surface area contributed by atoms with Crippen molar-refractivity contribution in [3.63, 3.8) is 0 Å². The highest BCUT2D eigenvalue weighted by molar-refractivity contribution is 8.01. The van der Waals surface area contributed by atoms with Gasteiger partial charge >= 0.3 is 0 Å². The minimum atomic E-state index is 0.774. The second kappa shape index (κ2) is 7.39. The summed E-state index contributed by atoms with van der Waals surface area (Å²) < 4.78 is 1.21. The van der Waals surface area contributed by atoms with E-state index < -0.39 is 0 Å². The van der Waals surface area contributed by atoms with Crippen molar-refractivity contribution in [1.29, 1.82) is 0 Å². The first-order chi connectivity index (χ1) is 8.34. The van der Waals surface area contributed by atoms with Crippen LogP contribution in [0.2, 0.25) is 0 Å². The molecule has 1 N–H and O–H groups in total. The Morgan fingerprint density at radius 2 is 2.12 bits per heavy atom. The quantitative estimate of drug-likeness (QED) is 0.500. The summed E-state index contributed by atoms with van der Waals surface area (Å²) in [6, 6.07) is 0.774. The highest BCUT2D eigenvalue weighted by Crippen LogP contribution is 2.22. The largest absolute Gasteiger partial charge is 0.313 e. The molecule has 1 heterocycles. The zero-order chi connectivity index (χ0) is 11.9. The molecule has 1 saturated carbocycles. The summed E-state index contributed by atoms with van der Waals surface area (Å²) in [4.78, 5) is 4.46. The molecule has 0 saturated heterocycles. The van der Waals surface area contributed by atoms with E-state index in [0.717, 1.165) is 24.0 Å². The van der Waals surface area contributed by atoms with E-state index in [-0.39, 0.29) is 0 Å². The van der Waals surface area contributed by atoms with Crippen LogP contribution >= 0.6 is 23.1 Å². The molecule has 0 aromatic carbocycles. The van der Waals surface area contributed by atoms with Crippen molar-refractivity contribution >= 4 is 23.1 Å². The van der Waals surface area contributed by atoms with Crippen molar-refractivity contribution < 1.29 is 0 Å². The summed E-state index contributed by atoms with van der Waals surface area (Å²) in [6.07, 6.45) is 8.45. The van der Waals surface area contributed by atoms with Crippen LogP contribution in [-0.4, -0.2) is 23.3 Å². The fourth-order valence-electron chi connectivity index (χ4n) is 2.28. The van der Waals surface area contributed by atoms with Gasteiger partial charge in [-0.15, -0.1) is 11.3 Å². The second-order valence-corrected chi connectivity index (χ2v) is 6.95. The van der Waals surface area contributed by atoms with Crippen LogP contribution in [0.25, 0.3) is 0 Å². The van der Waals surface area contributed by atoms with E-state index in [1.165, 1.54) is 42.9 Å². The van der Waals surface area contributed by atoms with Crippen molar-refractivity contribution in [2.45, 2.75) is 55.8 Å². The molecule has 4 heteroatoms. The maximum Gasteiger partial charge on any atom is 0.150 e. The van der Waals surface area contributed by atoms with Gasteiger partial charge in [0.15, 0.2) is 0 Å². The lowest BCUT2D eigenvalue weighted by atomic mass is 10.1. The van der Waals surface area contributed by atoms with Crippen LogP contribution in [0.15, 0.2) is 9.72 Å². The van der Waals surface area contributed by atoms with Gasteiger partial charge in [0, 0.05) is 29.4 Å². The molecule has 1 aliphatic rings. The molecule has 0 unspecified atom stereocenters. The fourth-order valence-corrected chi connectivity index (χ4v) is 4.07. The predicted molar refractivity (Wildman–Crippen MR) is 77.1 cm³/mol. The molecule has 2 rings (SSSR count). The van der Waals surface area contributed by atoms with Crippen LogP contribution in [0.4, 0.5) is 0 Å². The van der Waals surface area contributed by atoms with Gasteiger partial charge in [0.2, 0.25) is 0 Å². The number of thioether (sulfide) groups is 1. The number of aromatic nitrogens is 1. The number of hydrogen-bond acceptors (Lipinski definition) is 4. The highest BCUT2D eigenvalue weighted by Gasteiger charge is 2.10. The van der Waals surface area contributed by atoms with E-state index in [9.17, 15) is 0 Å². The van der Waals surface area contributed by atoms with Crippen molar-refractivity contribution in [2.24, 2.45) is 0 Å². The first kappa shape index (κ1) is 13.4. The van der Waals surface area contributed by atoms with Crippen molar-refractivity contribution in [1.82, 2.24) is 10.3 Å². The molecule has 1 fully saturated rings. The third-order valence-corrected chi connectivity index (χ3v) is 5.35. The Balaban J connectivity index is 1.59. The van der Waals surface area contributed by atoms with Gasteiger partial charge in [0.1, 0.15) is 4.34 Å². The smallest absolute Gasteiger partial charge is 0.150 e. The Kier molecular flexibility index (Phi) is 5.81. The number of thiazole rings is 1. The summed E-state index contributed by atoms with van der Waals surface area (Å²) in [6.45, 7) is 3.18. The molecule has 0 atom stereocenters. The third-order valence-electron chi connectivity index (χ3n) is 3.21. The number of nitrogens with zero attached hydrogens (tertiary/aromatic N) is 1. The van der Waals surface area contributed by atoms with Crippen molar-refractivity contribution in [3.8, 4) is 0 Å². The monoisotopic (exact) mass is 270 g/mol. The predicted octanol–water partition coefficient (Wildman–Crippen LogP) is 3.86. The van der Waals surface area contributed by atoms with Gasteiger partial charge in [-0.1, -0.05) is 37.4 Å². The molecule has 1 aliphatic carbocycles. The lowest BCUT2D eigenvalue weighted by molar-refractivity contribution is 0.474. The Hall–Kier alpha value is -0.0600. The topological polar surface area (TPSA) is 24.9 Å². The number of nitrogens with one attached hydrogen (secondary N) is 1. The summed E-state index contributed by atoms with van der Waals surface area (Å²) in [5.74, 6) is 1.14. The molecule has 1 aromatic rings. The zero-order valence-corrected chi connectivity index (χ0v) is 12.2. The van der Waals surface area contributed by atoms with Crippen molar-refractivity contribution in [3.05, 3.63) is 11.1 Å². The van der Waals surface area contributed by atoms with Gasteiger partial charge < -0.3 is 5.32 Å². The van der Waals surface area contributed by atoms with Crippen LogP contribution in [0.3, 0.4) is 0 Å². The van der Waals surface area contributed by atoms with E-state index in [2.05, 4.69) is 22.6 Å². The van der Waals surface area contributed by atoms with E-state index in [1.54, 1.807) is 11.3 Å². The average Bonchev–Trinajstić information content (AvgIpc) is 2.59. The second-order valence-electron chi connectivity index (χ2n) is 4.75. The van der Waals surface area contributed by atoms with Crippen LogP contribution in [0, 0.1) is 6.92 Å². The van der Waals surface area contributed by atoms with E-state index >= 15 is 0 Å². The Labute approximate surface area is 113 Å². The molecule has 0 spiro atoms. The van der Waals surface area contributed by atoms with Crippen LogP contribution in [-0.2, 0) is 0 Å².